The molecule has 0 saturated carbocycles. The maximum absolute atomic E-state index is 11.1. The van der Waals surface area contributed by atoms with E-state index in [-0.39, 0.29) is 5.37 Å². The Balaban J connectivity index is 1.59. The fraction of sp³-hybridized carbons (Fsp3) is 0.435. The van der Waals surface area contributed by atoms with Gasteiger partial charge in [0.2, 0.25) is 0 Å². The summed E-state index contributed by atoms with van der Waals surface area (Å²) in [7, 11) is 1.60. The van der Waals surface area contributed by atoms with Gasteiger partial charge in [0.15, 0.2) is 11.5 Å². The Morgan fingerprint density at radius 2 is 1.87 bits per heavy atom. The summed E-state index contributed by atoms with van der Waals surface area (Å²) in [6.07, 6.45) is 0. The Morgan fingerprint density at radius 1 is 1.13 bits per heavy atom. The number of carbonyl (C=O) groups is 1. The van der Waals surface area contributed by atoms with Gasteiger partial charge in [0, 0.05) is 5.75 Å². The van der Waals surface area contributed by atoms with Gasteiger partial charge in [-0.15, -0.1) is 11.8 Å². The van der Waals surface area contributed by atoms with Gasteiger partial charge in [0.25, 0.3) is 0 Å². The number of aryl methyl sites for hydroxylation is 1. The second-order valence-corrected chi connectivity index (χ2v) is 8.71. The first-order chi connectivity index (χ1) is 14.4. The van der Waals surface area contributed by atoms with Crippen LogP contribution in [0.3, 0.4) is 0 Å². The van der Waals surface area contributed by atoms with Gasteiger partial charge in [-0.1, -0.05) is 32.0 Å². The molecule has 2 atom stereocenters. The van der Waals surface area contributed by atoms with E-state index < -0.39 is 12.0 Å². The van der Waals surface area contributed by atoms with Gasteiger partial charge in [-0.2, -0.15) is 0 Å². The molecular weight excluding hydrogens is 402 g/mol. The SMILES string of the molecule is COc1cc(C2NC(C(=O)O)CS2)ccc1OCCOc1cc(C)ccc1C(C)C. The molecule has 2 unspecified atom stereocenters. The molecule has 1 aliphatic rings. The van der Waals surface area contributed by atoms with Crippen LogP contribution in [0.25, 0.3) is 0 Å². The molecular formula is C23H29NO5S. The molecule has 30 heavy (non-hydrogen) atoms. The van der Waals surface area contributed by atoms with E-state index in [2.05, 4.69) is 44.3 Å². The third-order valence-electron chi connectivity index (χ3n) is 4.96. The molecule has 2 aromatic rings. The summed E-state index contributed by atoms with van der Waals surface area (Å²) >= 11 is 1.57. The minimum atomic E-state index is -0.828. The quantitative estimate of drug-likeness (QED) is 0.571. The lowest BCUT2D eigenvalue weighted by Gasteiger charge is -2.17. The van der Waals surface area contributed by atoms with Crippen molar-refractivity contribution in [2.24, 2.45) is 0 Å². The number of thioether (sulfide) groups is 1. The van der Waals surface area contributed by atoms with Gasteiger partial charge < -0.3 is 19.3 Å². The molecule has 0 radical (unpaired) electrons. The average molecular weight is 432 g/mol. The van der Waals surface area contributed by atoms with Crippen LogP contribution in [-0.2, 0) is 4.79 Å². The van der Waals surface area contributed by atoms with Gasteiger partial charge in [0.05, 0.1) is 12.5 Å². The zero-order valence-electron chi connectivity index (χ0n) is 17.8. The second-order valence-electron chi connectivity index (χ2n) is 7.57. The Labute approximate surface area is 181 Å². The molecule has 2 aromatic carbocycles. The molecule has 162 valence electrons. The zero-order chi connectivity index (χ0) is 21.7. The van der Waals surface area contributed by atoms with Crippen molar-refractivity contribution in [3.8, 4) is 17.2 Å². The molecule has 1 heterocycles. The van der Waals surface area contributed by atoms with Crippen LogP contribution >= 0.6 is 11.8 Å². The highest BCUT2D eigenvalue weighted by molar-refractivity contribution is 7.99. The van der Waals surface area contributed by atoms with Crippen molar-refractivity contribution in [1.29, 1.82) is 0 Å². The van der Waals surface area contributed by atoms with Crippen LogP contribution in [0.15, 0.2) is 36.4 Å². The highest BCUT2D eigenvalue weighted by Gasteiger charge is 2.30. The van der Waals surface area contributed by atoms with Crippen molar-refractivity contribution in [3.05, 3.63) is 53.1 Å². The lowest BCUT2D eigenvalue weighted by atomic mass is 10.0. The first-order valence-corrected chi connectivity index (χ1v) is 11.1. The van der Waals surface area contributed by atoms with E-state index in [9.17, 15) is 4.79 Å². The van der Waals surface area contributed by atoms with Crippen molar-refractivity contribution in [1.82, 2.24) is 5.32 Å². The van der Waals surface area contributed by atoms with Crippen molar-refractivity contribution in [2.75, 3.05) is 26.1 Å². The van der Waals surface area contributed by atoms with Crippen molar-refractivity contribution >= 4 is 17.7 Å². The monoisotopic (exact) mass is 431 g/mol. The van der Waals surface area contributed by atoms with Gasteiger partial charge in [-0.3, -0.25) is 10.1 Å². The summed E-state index contributed by atoms with van der Waals surface area (Å²) in [6.45, 7) is 7.16. The van der Waals surface area contributed by atoms with Crippen molar-refractivity contribution < 1.29 is 24.1 Å². The topological polar surface area (TPSA) is 77.0 Å². The predicted octanol–water partition coefficient (Wildman–Crippen LogP) is 4.37. The number of nitrogens with one attached hydrogen (secondary N) is 1. The molecule has 0 bridgehead atoms. The lowest BCUT2D eigenvalue weighted by molar-refractivity contribution is -0.138. The number of rotatable bonds is 9. The third-order valence-corrected chi connectivity index (χ3v) is 6.23. The molecule has 6 nitrogen and oxygen atoms in total. The Morgan fingerprint density at radius 3 is 2.50 bits per heavy atom. The number of hydrogen-bond acceptors (Lipinski definition) is 6. The zero-order valence-corrected chi connectivity index (χ0v) is 18.6. The van der Waals surface area contributed by atoms with Crippen LogP contribution in [0, 0.1) is 6.92 Å². The number of aliphatic carboxylic acids is 1. The van der Waals surface area contributed by atoms with E-state index in [1.807, 2.05) is 18.2 Å². The van der Waals surface area contributed by atoms with Gasteiger partial charge >= 0.3 is 5.97 Å². The van der Waals surface area contributed by atoms with Crippen LogP contribution in [0.1, 0.15) is 41.8 Å². The molecule has 7 heteroatoms. The number of methoxy groups -OCH3 is 1. The molecule has 2 N–H and O–H groups in total. The summed E-state index contributed by atoms with van der Waals surface area (Å²) in [5, 5.41) is 12.2. The first kappa shape index (κ1) is 22.3. The second kappa shape index (κ2) is 10.1. The van der Waals surface area contributed by atoms with E-state index in [1.54, 1.807) is 18.9 Å². The van der Waals surface area contributed by atoms with Crippen LogP contribution in [0.2, 0.25) is 0 Å². The lowest BCUT2D eigenvalue weighted by Crippen LogP contribution is -2.33. The maximum atomic E-state index is 11.1. The minimum absolute atomic E-state index is 0.0758. The molecule has 1 saturated heterocycles. The van der Waals surface area contributed by atoms with E-state index in [0.717, 1.165) is 16.9 Å². The molecule has 1 aliphatic heterocycles. The average Bonchev–Trinajstić information content (AvgIpc) is 3.21. The van der Waals surface area contributed by atoms with E-state index in [4.69, 9.17) is 19.3 Å². The Bertz CT molecular complexity index is 886. The van der Waals surface area contributed by atoms with Crippen LogP contribution < -0.4 is 19.5 Å². The molecule has 3 rings (SSSR count). The Hall–Kier alpha value is -2.38. The summed E-state index contributed by atoms with van der Waals surface area (Å²) in [4.78, 5) is 11.1. The normalized spacial score (nSPS) is 18.4. The summed E-state index contributed by atoms with van der Waals surface area (Å²) < 4.78 is 17.3. The first-order valence-electron chi connectivity index (χ1n) is 10.0. The van der Waals surface area contributed by atoms with E-state index in [0.29, 0.717) is 36.4 Å². The molecule has 0 amide bonds. The minimum Gasteiger partial charge on any atom is -0.493 e. The number of benzene rings is 2. The largest absolute Gasteiger partial charge is 0.493 e. The van der Waals surface area contributed by atoms with Gasteiger partial charge in [-0.05, 0) is 47.7 Å². The van der Waals surface area contributed by atoms with Crippen LogP contribution in [0.4, 0.5) is 0 Å². The fourth-order valence-electron chi connectivity index (χ4n) is 3.32. The summed E-state index contributed by atoms with van der Waals surface area (Å²) in [5.74, 6) is 2.24. The van der Waals surface area contributed by atoms with Crippen LogP contribution in [-0.4, -0.2) is 43.2 Å². The number of hydrogen-bond donors (Lipinski definition) is 2. The molecule has 1 fully saturated rings. The van der Waals surface area contributed by atoms with E-state index in [1.165, 1.54) is 5.56 Å². The molecule has 0 spiro atoms. The van der Waals surface area contributed by atoms with Crippen molar-refractivity contribution in [2.45, 2.75) is 38.1 Å². The predicted molar refractivity (Wildman–Crippen MR) is 119 cm³/mol. The molecule has 0 aliphatic carbocycles. The fourth-order valence-corrected chi connectivity index (χ4v) is 4.54. The van der Waals surface area contributed by atoms with Gasteiger partial charge in [-0.25, -0.2) is 0 Å². The number of carboxylic acids is 1. The van der Waals surface area contributed by atoms with Crippen LogP contribution in [0.5, 0.6) is 17.2 Å². The Kier molecular flexibility index (Phi) is 7.50. The smallest absolute Gasteiger partial charge is 0.321 e. The van der Waals surface area contributed by atoms with Crippen molar-refractivity contribution in [3.63, 3.8) is 0 Å². The standard InChI is InChI=1S/C23H29NO5S/c1-14(2)17-7-5-15(3)11-20(17)29-10-9-28-19-8-6-16(12-21(19)27-4)22-24-18(13-30-22)23(25)26/h5-8,11-12,14,18,22,24H,9-10,13H2,1-4H3,(H,25,26). The molecule has 0 aromatic heterocycles. The number of ether oxygens (including phenoxy) is 3. The van der Waals surface area contributed by atoms with E-state index >= 15 is 0 Å². The maximum Gasteiger partial charge on any atom is 0.321 e. The number of carboxylic acid groups (broad SMARTS) is 1. The highest BCUT2D eigenvalue weighted by Crippen LogP contribution is 2.37. The summed E-state index contributed by atoms with van der Waals surface area (Å²) in [5.41, 5.74) is 3.31. The summed E-state index contributed by atoms with van der Waals surface area (Å²) in [6, 6.07) is 11.4. The third kappa shape index (κ3) is 5.40. The van der Waals surface area contributed by atoms with Gasteiger partial charge in [0.1, 0.15) is 25.0 Å². The highest BCUT2D eigenvalue weighted by atomic mass is 32.2.